The average Bonchev–Trinajstić information content (AvgIpc) is 3.23. The molecule has 0 unspecified atom stereocenters. The molecule has 3 aromatic rings. The Hall–Kier alpha value is -2.32. The van der Waals surface area contributed by atoms with Gasteiger partial charge >= 0.3 is 0 Å². The normalized spacial score (nSPS) is 13.7. The van der Waals surface area contributed by atoms with Crippen molar-refractivity contribution in [3.63, 3.8) is 0 Å². The summed E-state index contributed by atoms with van der Waals surface area (Å²) in [4.78, 5) is 14.5. The number of hydrogen-bond acceptors (Lipinski definition) is 7. The number of fused-ring (bicyclic) bond motifs is 2. The monoisotopic (exact) mass is 412 g/mol. The molecule has 0 saturated carbocycles. The minimum atomic E-state index is 0.239. The lowest BCUT2D eigenvalue weighted by Gasteiger charge is -2.19. The predicted octanol–water partition coefficient (Wildman–Crippen LogP) is 3.44. The number of nitrogens with two attached hydrogens (primary N) is 1. The molecule has 0 radical (unpaired) electrons. The molecule has 0 aliphatic carbocycles. The van der Waals surface area contributed by atoms with E-state index in [1.807, 2.05) is 0 Å². The van der Waals surface area contributed by atoms with Crippen molar-refractivity contribution in [3.8, 4) is 5.75 Å². The van der Waals surface area contributed by atoms with Crippen molar-refractivity contribution in [2.75, 3.05) is 25.4 Å². The van der Waals surface area contributed by atoms with Crippen LogP contribution in [0, 0.1) is 12.3 Å². The van der Waals surface area contributed by atoms with Gasteiger partial charge < -0.3 is 20.4 Å². The van der Waals surface area contributed by atoms with Gasteiger partial charge in [-0.05, 0) is 29.5 Å². The number of rotatable bonds is 6. The van der Waals surface area contributed by atoms with Gasteiger partial charge in [0.05, 0.1) is 6.61 Å². The Bertz CT molecular complexity index is 1040. The van der Waals surface area contributed by atoms with E-state index in [1.54, 1.807) is 11.8 Å². The van der Waals surface area contributed by atoms with Gasteiger partial charge in [-0.3, -0.25) is 0 Å². The van der Waals surface area contributed by atoms with Crippen molar-refractivity contribution in [1.82, 2.24) is 24.8 Å². The molecule has 4 rings (SSSR count). The van der Waals surface area contributed by atoms with Crippen LogP contribution in [0.5, 0.6) is 5.75 Å². The highest BCUT2D eigenvalue weighted by molar-refractivity contribution is 7.99. The lowest BCUT2D eigenvalue weighted by molar-refractivity contribution is 0.356. The molecule has 0 fully saturated rings. The van der Waals surface area contributed by atoms with E-state index in [0.717, 1.165) is 54.1 Å². The SMILES string of the molecule is Cc1cc2c(cc1Sc1nc3c(N)ncnc3n1CCNCC(C)(C)C)OCC2. The second-order valence-electron chi connectivity index (χ2n) is 8.64. The van der Waals surface area contributed by atoms with Gasteiger partial charge in [0.25, 0.3) is 0 Å². The molecular weight excluding hydrogens is 384 g/mol. The average molecular weight is 413 g/mol. The molecule has 3 heterocycles. The number of hydrogen-bond donors (Lipinski definition) is 2. The summed E-state index contributed by atoms with van der Waals surface area (Å²) in [6.07, 6.45) is 2.48. The van der Waals surface area contributed by atoms with E-state index >= 15 is 0 Å². The number of benzene rings is 1. The molecule has 3 N–H and O–H groups in total. The zero-order valence-electron chi connectivity index (χ0n) is 17.5. The van der Waals surface area contributed by atoms with Crippen molar-refractivity contribution in [1.29, 1.82) is 0 Å². The largest absolute Gasteiger partial charge is 0.493 e. The summed E-state index contributed by atoms with van der Waals surface area (Å²) < 4.78 is 7.88. The molecule has 7 nitrogen and oxygen atoms in total. The van der Waals surface area contributed by atoms with Gasteiger partial charge in [-0.2, -0.15) is 0 Å². The number of anilines is 1. The molecule has 1 aromatic carbocycles. The fourth-order valence-electron chi connectivity index (χ4n) is 3.41. The lowest BCUT2D eigenvalue weighted by Crippen LogP contribution is -2.29. The predicted molar refractivity (Wildman–Crippen MR) is 117 cm³/mol. The molecule has 1 aliphatic heterocycles. The molecule has 154 valence electrons. The number of nitrogens with one attached hydrogen (secondary N) is 1. The Morgan fingerprint density at radius 3 is 2.90 bits per heavy atom. The van der Waals surface area contributed by atoms with E-state index in [4.69, 9.17) is 15.5 Å². The summed E-state index contributed by atoms with van der Waals surface area (Å²) >= 11 is 1.63. The summed E-state index contributed by atoms with van der Waals surface area (Å²) in [6.45, 7) is 12.1. The highest BCUT2D eigenvalue weighted by Gasteiger charge is 2.19. The maximum absolute atomic E-state index is 6.08. The van der Waals surface area contributed by atoms with Crippen molar-refractivity contribution in [2.24, 2.45) is 5.41 Å². The van der Waals surface area contributed by atoms with Crippen LogP contribution < -0.4 is 15.8 Å². The van der Waals surface area contributed by atoms with E-state index in [9.17, 15) is 0 Å². The number of aryl methyl sites for hydroxylation is 1. The Kier molecular flexibility index (Phi) is 5.40. The standard InChI is InChI=1S/C21H28N6OS/c1-13-9-14-5-8-28-15(14)10-16(13)29-20-26-17-18(22)24-12-25-19(17)27(20)7-6-23-11-21(2,3)4/h9-10,12,23H,5-8,11H2,1-4H3,(H2,22,24,25). The van der Waals surface area contributed by atoms with Gasteiger partial charge in [0.15, 0.2) is 22.1 Å². The van der Waals surface area contributed by atoms with E-state index in [-0.39, 0.29) is 5.41 Å². The van der Waals surface area contributed by atoms with Crippen LogP contribution in [0.1, 0.15) is 31.9 Å². The van der Waals surface area contributed by atoms with Crippen LogP contribution in [-0.4, -0.2) is 39.2 Å². The molecule has 2 aromatic heterocycles. The van der Waals surface area contributed by atoms with Gasteiger partial charge in [-0.25, -0.2) is 15.0 Å². The highest BCUT2D eigenvalue weighted by atomic mass is 32.2. The summed E-state index contributed by atoms with van der Waals surface area (Å²) in [6, 6.07) is 4.34. The number of nitrogens with zero attached hydrogens (tertiary/aromatic N) is 4. The lowest BCUT2D eigenvalue weighted by atomic mass is 9.97. The number of nitrogen functional groups attached to an aromatic ring is 1. The van der Waals surface area contributed by atoms with Crippen LogP contribution >= 0.6 is 11.8 Å². The third kappa shape index (κ3) is 4.33. The van der Waals surface area contributed by atoms with Gasteiger partial charge in [0, 0.05) is 31.0 Å². The first kappa shape index (κ1) is 20.0. The van der Waals surface area contributed by atoms with Crippen LogP contribution in [0.25, 0.3) is 11.2 Å². The Balaban J connectivity index is 1.64. The van der Waals surface area contributed by atoms with Gasteiger partial charge in [0.1, 0.15) is 12.1 Å². The topological polar surface area (TPSA) is 90.9 Å². The highest BCUT2D eigenvalue weighted by Crippen LogP contribution is 2.37. The molecule has 1 aliphatic rings. The first-order valence-corrected chi connectivity index (χ1v) is 10.7. The van der Waals surface area contributed by atoms with Crippen LogP contribution in [0.15, 0.2) is 28.5 Å². The van der Waals surface area contributed by atoms with Crippen LogP contribution in [0.2, 0.25) is 0 Å². The second kappa shape index (κ2) is 7.84. The van der Waals surface area contributed by atoms with Gasteiger partial charge in [0.2, 0.25) is 0 Å². The third-order valence-electron chi connectivity index (χ3n) is 4.88. The van der Waals surface area contributed by atoms with E-state index < -0.39 is 0 Å². The maximum atomic E-state index is 6.08. The van der Waals surface area contributed by atoms with Gasteiger partial charge in [-0.15, -0.1) is 0 Å². The fraction of sp³-hybridized carbons (Fsp3) is 0.476. The molecule has 0 amide bonds. The van der Waals surface area contributed by atoms with E-state index in [0.29, 0.717) is 11.3 Å². The van der Waals surface area contributed by atoms with Crippen molar-refractivity contribution in [3.05, 3.63) is 29.6 Å². The fourth-order valence-corrected chi connectivity index (χ4v) is 4.41. The minimum Gasteiger partial charge on any atom is -0.493 e. The Labute approximate surface area is 175 Å². The van der Waals surface area contributed by atoms with Crippen molar-refractivity contribution in [2.45, 2.75) is 50.7 Å². The van der Waals surface area contributed by atoms with Crippen LogP contribution in [0.4, 0.5) is 5.82 Å². The van der Waals surface area contributed by atoms with Crippen LogP contribution in [0.3, 0.4) is 0 Å². The summed E-state index contributed by atoms with van der Waals surface area (Å²) in [5, 5.41) is 4.39. The first-order chi connectivity index (χ1) is 13.8. The number of imidazole rings is 1. The quantitative estimate of drug-likeness (QED) is 0.599. The minimum absolute atomic E-state index is 0.239. The van der Waals surface area contributed by atoms with E-state index in [1.165, 1.54) is 17.5 Å². The second-order valence-corrected chi connectivity index (χ2v) is 9.65. The number of ether oxygens (including phenoxy) is 1. The maximum Gasteiger partial charge on any atom is 0.175 e. The smallest absolute Gasteiger partial charge is 0.175 e. The van der Waals surface area contributed by atoms with E-state index in [2.05, 4.69) is 59.7 Å². The molecule has 0 saturated heterocycles. The molecule has 0 atom stereocenters. The van der Waals surface area contributed by atoms with Crippen molar-refractivity contribution < 1.29 is 4.74 Å². The Morgan fingerprint density at radius 2 is 2.10 bits per heavy atom. The summed E-state index contributed by atoms with van der Waals surface area (Å²) in [5.74, 6) is 1.39. The molecular formula is C21H28N6OS. The van der Waals surface area contributed by atoms with Gasteiger partial charge in [-0.1, -0.05) is 38.6 Å². The van der Waals surface area contributed by atoms with Crippen molar-refractivity contribution >= 4 is 28.7 Å². The third-order valence-corrected chi connectivity index (χ3v) is 6.04. The molecule has 29 heavy (non-hydrogen) atoms. The number of aromatic nitrogens is 4. The summed E-state index contributed by atoms with van der Waals surface area (Å²) in [5.41, 5.74) is 10.2. The Morgan fingerprint density at radius 1 is 1.28 bits per heavy atom. The van der Waals surface area contributed by atoms with Crippen LogP contribution in [-0.2, 0) is 13.0 Å². The first-order valence-electron chi connectivity index (χ1n) is 9.93. The molecule has 0 bridgehead atoms. The molecule has 8 heteroatoms. The zero-order chi connectivity index (χ0) is 20.6. The summed E-state index contributed by atoms with van der Waals surface area (Å²) in [7, 11) is 0. The zero-order valence-corrected chi connectivity index (χ0v) is 18.3. The molecule has 0 spiro atoms.